The Labute approximate surface area is 134 Å². The van der Waals surface area contributed by atoms with Crippen molar-refractivity contribution < 1.29 is 9.90 Å². The number of rotatable bonds is 4. The lowest BCUT2D eigenvalue weighted by Crippen LogP contribution is -2.19. The molecular formula is C17H18N2O2S. The molecule has 0 aliphatic heterocycles. The topological polar surface area (TPSA) is 55.1 Å². The van der Waals surface area contributed by atoms with E-state index in [4.69, 9.17) is 17.3 Å². The molecule has 1 aromatic carbocycles. The molecule has 1 aromatic heterocycles. The van der Waals surface area contributed by atoms with Crippen LogP contribution in [-0.2, 0) is 24.2 Å². The van der Waals surface area contributed by atoms with Gasteiger partial charge in [-0.1, -0.05) is 42.5 Å². The number of carboxylic acids is 1. The molecule has 0 amide bonds. The molecule has 0 atom stereocenters. The van der Waals surface area contributed by atoms with Crippen molar-refractivity contribution in [2.24, 2.45) is 0 Å². The van der Waals surface area contributed by atoms with Crippen LogP contribution in [0.2, 0.25) is 0 Å². The normalized spacial score (nSPS) is 13.6. The van der Waals surface area contributed by atoms with E-state index in [2.05, 4.69) is 9.55 Å². The van der Waals surface area contributed by atoms with Gasteiger partial charge in [0.25, 0.3) is 0 Å². The molecule has 0 saturated carbocycles. The molecule has 5 heteroatoms. The summed E-state index contributed by atoms with van der Waals surface area (Å²) in [6.45, 7) is 0.435. The zero-order valence-electron chi connectivity index (χ0n) is 12.3. The number of aliphatic carboxylic acids is 1. The zero-order chi connectivity index (χ0) is 15.5. The van der Waals surface area contributed by atoms with Crippen LogP contribution in [0, 0.1) is 4.64 Å². The minimum absolute atomic E-state index is 0.0927. The van der Waals surface area contributed by atoms with E-state index >= 15 is 0 Å². The summed E-state index contributed by atoms with van der Waals surface area (Å²) in [5.41, 5.74) is 3.28. The lowest BCUT2D eigenvalue weighted by Gasteiger charge is -2.24. The summed E-state index contributed by atoms with van der Waals surface area (Å²) >= 11 is 5.48. The molecule has 22 heavy (non-hydrogen) atoms. The van der Waals surface area contributed by atoms with Gasteiger partial charge < -0.3 is 9.67 Å². The van der Waals surface area contributed by atoms with Gasteiger partial charge in [0.15, 0.2) is 0 Å². The first-order valence-corrected chi connectivity index (χ1v) is 7.97. The van der Waals surface area contributed by atoms with Gasteiger partial charge in [-0.3, -0.25) is 4.79 Å². The highest BCUT2D eigenvalue weighted by molar-refractivity contribution is 7.71. The maximum absolute atomic E-state index is 11.0. The monoisotopic (exact) mass is 314 g/mol. The second-order valence-corrected chi connectivity index (χ2v) is 5.92. The Bertz CT molecular complexity index is 753. The van der Waals surface area contributed by atoms with Gasteiger partial charge in [0.05, 0.1) is 6.42 Å². The summed E-state index contributed by atoms with van der Waals surface area (Å²) in [7, 11) is 0. The van der Waals surface area contributed by atoms with Gasteiger partial charge in [-0.15, -0.1) is 0 Å². The fraction of sp³-hybridized carbons (Fsp3) is 0.353. The highest BCUT2D eigenvalue weighted by atomic mass is 32.1. The Hall–Kier alpha value is -2.01. The van der Waals surface area contributed by atoms with Crippen molar-refractivity contribution in [3.63, 3.8) is 0 Å². The maximum atomic E-state index is 11.0. The third-order valence-electron chi connectivity index (χ3n) is 4.07. The van der Waals surface area contributed by atoms with Gasteiger partial charge in [0.1, 0.15) is 10.5 Å². The molecular weight excluding hydrogens is 296 g/mol. The Kier molecular flexibility index (Phi) is 4.34. The summed E-state index contributed by atoms with van der Waals surface area (Å²) in [6.07, 6.45) is 4.23. The van der Waals surface area contributed by atoms with E-state index in [1.54, 1.807) is 0 Å². The molecule has 1 aliphatic rings. The molecule has 3 rings (SSSR count). The number of fused-ring (bicyclic) bond motifs is 1. The summed E-state index contributed by atoms with van der Waals surface area (Å²) in [5.74, 6) is -0.00831. The van der Waals surface area contributed by atoms with Crippen molar-refractivity contribution in [3.8, 4) is 11.4 Å². The van der Waals surface area contributed by atoms with Crippen LogP contribution in [-0.4, -0.2) is 20.6 Å². The lowest BCUT2D eigenvalue weighted by molar-refractivity contribution is -0.137. The molecule has 114 valence electrons. The van der Waals surface area contributed by atoms with Crippen LogP contribution in [0.3, 0.4) is 0 Å². The highest BCUT2D eigenvalue weighted by Gasteiger charge is 2.19. The van der Waals surface area contributed by atoms with Gasteiger partial charge in [0, 0.05) is 23.4 Å². The third kappa shape index (κ3) is 2.95. The SMILES string of the molecule is O=C(O)CCn1c(-c2ccccc2)nc(=S)c2c1CCCC2. The average Bonchev–Trinajstić information content (AvgIpc) is 2.54. The van der Waals surface area contributed by atoms with E-state index in [0.717, 1.165) is 42.6 Å². The fourth-order valence-electron chi connectivity index (χ4n) is 3.03. The van der Waals surface area contributed by atoms with Crippen LogP contribution in [0.1, 0.15) is 30.5 Å². The average molecular weight is 314 g/mol. The van der Waals surface area contributed by atoms with Gasteiger partial charge >= 0.3 is 5.97 Å². The van der Waals surface area contributed by atoms with Gasteiger partial charge in [-0.25, -0.2) is 4.98 Å². The Morgan fingerprint density at radius 2 is 1.95 bits per heavy atom. The molecule has 0 spiro atoms. The summed E-state index contributed by atoms with van der Waals surface area (Å²) in [6, 6.07) is 9.85. The van der Waals surface area contributed by atoms with Crippen LogP contribution < -0.4 is 0 Å². The van der Waals surface area contributed by atoms with Crippen molar-refractivity contribution in [2.75, 3.05) is 0 Å². The Morgan fingerprint density at radius 1 is 1.23 bits per heavy atom. The molecule has 1 N–H and O–H groups in total. The van der Waals surface area contributed by atoms with Gasteiger partial charge in [-0.2, -0.15) is 0 Å². The molecule has 0 saturated heterocycles. The highest BCUT2D eigenvalue weighted by Crippen LogP contribution is 2.27. The molecule has 4 nitrogen and oxygen atoms in total. The van der Waals surface area contributed by atoms with Crippen molar-refractivity contribution in [1.29, 1.82) is 0 Å². The molecule has 1 heterocycles. The first-order valence-electron chi connectivity index (χ1n) is 7.56. The van der Waals surface area contributed by atoms with E-state index in [1.807, 2.05) is 30.3 Å². The van der Waals surface area contributed by atoms with Crippen molar-refractivity contribution >= 4 is 18.2 Å². The Balaban J connectivity index is 2.17. The second kappa shape index (κ2) is 6.40. The van der Waals surface area contributed by atoms with Crippen LogP contribution in [0.15, 0.2) is 30.3 Å². The number of hydrogen-bond donors (Lipinski definition) is 1. The largest absolute Gasteiger partial charge is 0.481 e. The van der Waals surface area contributed by atoms with E-state index in [-0.39, 0.29) is 6.42 Å². The first kappa shape index (κ1) is 14.9. The minimum Gasteiger partial charge on any atom is -0.481 e. The standard InChI is InChI=1S/C17H18N2O2S/c20-15(21)10-11-19-14-9-5-4-8-13(14)17(22)18-16(19)12-6-2-1-3-7-12/h1-3,6-7H,4-5,8-11H2,(H,20,21). The van der Waals surface area contributed by atoms with Gasteiger partial charge in [-0.05, 0) is 25.7 Å². The van der Waals surface area contributed by atoms with E-state index < -0.39 is 5.97 Å². The smallest absolute Gasteiger partial charge is 0.305 e. The number of aromatic nitrogens is 2. The van der Waals surface area contributed by atoms with Gasteiger partial charge in [0.2, 0.25) is 0 Å². The summed E-state index contributed by atoms with van der Waals surface area (Å²) in [5, 5.41) is 9.04. The predicted octanol–water partition coefficient (Wildman–Crippen LogP) is 3.63. The summed E-state index contributed by atoms with van der Waals surface area (Å²) < 4.78 is 2.73. The predicted molar refractivity (Wildman–Crippen MR) is 87.4 cm³/mol. The summed E-state index contributed by atoms with van der Waals surface area (Å²) in [4.78, 5) is 15.6. The molecule has 0 bridgehead atoms. The van der Waals surface area contributed by atoms with Crippen LogP contribution in [0.5, 0.6) is 0 Å². The van der Waals surface area contributed by atoms with E-state index in [1.165, 1.54) is 5.69 Å². The molecule has 0 fully saturated rings. The number of nitrogens with zero attached hydrogens (tertiary/aromatic N) is 2. The molecule has 0 radical (unpaired) electrons. The van der Waals surface area contributed by atoms with Crippen molar-refractivity contribution in [3.05, 3.63) is 46.2 Å². The minimum atomic E-state index is -0.793. The number of carbonyl (C=O) groups is 1. The van der Waals surface area contributed by atoms with Crippen molar-refractivity contribution in [1.82, 2.24) is 9.55 Å². The number of benzene rings is 1. The van der Waals surface area contributed by atoms with Crippen LogP contribution >= 0.6 is 12.2 Å². The molecule has 1 aliphatic carbocycles. The zero-order valence-corrected chi connectivity index (χ0v) is 13.1. The first-order chi connectivity index (χ1) is 10.7. The number of hydrogen-bond acceptors (Lipinski definition) is 3. The fourth-order valence-corrected chi connectivity index (χ4v) is 3.33. The van der Waals surface area contributed by atoms with E-state index in [0.29, 0.717) is 11.2 Å². The van der Waals surface area contributed by atoms with E-state index in [9.17, 15) is 4.79 Å². The molecule has 0 unspecified atom stereocenters. The van der Waals surface area contributed by atoms with Crippen molar-refractivity contribution in [2.45, 2.75) is 38.6 Å². The molecule has 2 aromatic rings. The second-order valence-electron chi connectivity index (χ2n) is 5.53. The Morgan fingerprint density at radius 3 is 2.68 bits per heavy atom. The van der Waals surface area contributed by atoms with Crippen LogP contribution in [0.25, 0.3) is 11.4 Å². The van der Waals surface area contributed by atoms with Crippen LogP contribution in [0.4, 0.5) is 0 Å². The quantitative estimate of drug-likeness (QED) is 0.876. The number of carboxylic acid groups (broad SMARTS) is 1. The lowest BCUT2D eigenvalue weighted by atomic mass is 9.96. The third-order valence-corrected chi connectivity index (χ3v) is 4.40. The maximum Gasteiger partial charge on any atom is 0.305 e.